The Balaban J connectivity index is 1.80. The fourth-order valence-electron chi connectivity index (χ4n) is 2.38. The number of carbonyl (C=O) groups is 1. The van der Waals surface area contributed by atoms with Crippen molar-refractivity contribution in [2.75, 3.05) is 6.61 Å². The van der Waals surface area contributed by atoms with Crippen LogP contribution in [0, 0.1) is 10.1 Å². The first-order valence-electron chi connectivity index (χ1n) is 7.57. The number of nitrogens with zero attached hydrogens (tertiary/aromatic N) is 1. The summed E-state index contributed by atoms with van der Waals surface area (Å²) in [6.45, 7) is 2.71. The maximum atomic E-state index is 12.3. The summed E-state index contributed by atoms with van der Waals surface area (Å²) in [6, 6.07) is 12.0. The molecule has 24 heavy (non-hydrogen) atoms. The fourth-order valence-corrected chi connectivity index (χ4v) is 3.51. The van der Waals surface area contributed by atoms with Crippen molar-refractivity contribution in [2.24, 2.45) is 0 Å². The lowest BCUT2D eigenvalue weighted by atomic mass is 10.1. The second-order valence-electron chi connectivity index (χ2n) is 5.33. The van der Waals surface area contributed by atoms with E-state index in [1.165, 1.54) is 23.9 Å². The highest BCUT2D eigenvalue weighted by molar-refractivity contribution is 7.99. The summed E-state index contributed by atoms with van der Waals surface area (Å²) in [6.07, 6.45) is 0.944. The first-order valence-corrected chi connectivity index (χ1v) is 8.45. The van der Waals surface area contributed by atoms with Crippen molar-refractivity contribution in [1.82, 2.24) is 5.32 Å². The van der Waals surface area contributed by atoms with Crippen molar-refractivity contribution in [1.29, 1.82) is 0 Å². The summed E-state index contributed by atoms with van der Waals surface area (Å²) in [4.78, 5) is 23.4. The van der Waals surface area contributed by atoms with Gasteiger partial charge in [0, 0.05) is 17.0 Å². The van der Waals surface area contributed by atoms with E-state index in [9.17, 15) is 14.9 Å². The van der Waals surface area contributed by atoms with Gasteiger partial charge in [-0.25, -0.2) is 0 Å². The van der Waals surface area contributed by atoms with Gasteiger partial charge in [-0.1, -0.05) is 30.8 Å². The van der Waals surface area contributed by atoms with E-state index in [4.69, 9.17) is 4.74 Å². The number of carbonyl (C=O) groups excluding carboxylic acids is 1. The van der Waals surface area contributed by atoms with Crippen molar-refractivity contribution in [2.45, 2.75) is 23.6 Å². The second kappa shape index (κ2) is 6.92. The van der Waals surface area contributed by atoms with Gasteiger partial charge < -0.3 is 10.1 Å². The smallest absolute Gasteiger partial charge is 0.270 e. The van der Waals surface area contributed by atoms with Crippen LogP contribution >= 0.6 is 11.8 Å². The normalized spacial score (nSPS) is 16.2. The zero-order valence-corrected chi connectivity index (χ0v) is 13.8. The second-order valence-corrected chi connectivity index (χ2v) is 6.47. The number of hydrogen-bond acceptors (Lipinski definition) is 5. The highest BCUT2D eigenvalue weighted by Gasteiger charge is 2.27. The van der Waals surface area contributed by atoms with Crippen LogP contribution in [0.5, 0.6) is 5.75 Å². The molecule has 2 aromatic rings. The number of rotatable bonds is 5. The fraction of sp³-hybridized carbons (Fsp3) is 0.235. The van der Waals surface area contributed by atoms with E-state index in [-0.39, 0.29) is 17.0 Å². The molecule has 1 aliphatic rings. The number of fused-ring (bicyclic) bond motifs is 1. The molecule has 7 heteroatoms. The van der Waals surface area contributed by atoms with Crippen LogP contribution in [0.2, 0.25) is 0 Å². The molecule has 3 rings (SSSR count). The van der Waals surface area contributed by atoms with E-state index < -0.39 is 4.92 Å². The third-order valence-corrected chi connectivity index (χ3v) is 4.82. The molecule has 0 fully saturated rings. The van der Waals surface area contributed by atoms with Crippen molar-refractivity contribution < 1.29 is 14.5 Å². The highest BCUT2D eigenvalue weighted by atomic mass is 32.2. The van der Waals surface area contributed by atoms with Gasteiger partial charge >= 0.3 is 0 Å². The van der Waals surface area contributed by atoms with Crippen LogP contribution < -0.4 is 10.1 Å². The molecule has 1 atom stereocenters. The third kappa shape index (κ3) is 3.35. The molecule has 1 N–H and O–H groups in total. The molecule has 0 bridgehead atoms. The molecule has 0 saturated heterocycles. The zero-order chi connectivity index (χ0) is 17.1. The molecular weight excluding hydrogens is 328 g/mol. The molecule has 1 amide bonds. The Morgan fingerprint density at radius 1 is 1.25 bits per heavy atom. The van der Waals surface area contributed by atoms with Crippen molar-refractivity contribution >= 4 is 23.4 Å². The quantitative estimate of drug-likeness (QED) is 0.657. The van der Waals surface area contributed by atoms with Crippen LogP contribution in [0.1, 0.15) is 34.6 Å². The largest absolute Gasteiger partial charge is 0.494 e. The van der Waals surface area contributed by atoms with Crippen molar-refractivity contribution in [3.63, 3.8) is 0 Å². The number of nitro benzene ring substituents is 1. The van der Waals surface area contributed by atoms with Gasteiger partial charge in [-0.2, -0.15) is 0 Å². The van der Waals surface area contributed by atoms with Crippen LogP contribution in [0.3, 0.4) is 0 Å². The van der Waals surface area contributed by atoms with Crippen LogP contribution in [0.15, 0.2) is 47.4 Å². The molecular formula is C17H16N2O4S. The molecule has 0 radical (unpaired) electrons. The molecule has 0 aromatic heterocycles. The van der Waals surface area contributed by atoms with E-state index >= 15 is 0 Å². The van der Waals surface area contributed by atoms with Gasteiger partial charge in [0.1, 0.15) is 11.1 Å². The SMILES string of the molecule is CCCOc1ccc(C2NC(=O)c3cc([N+](=O)[O-])ccc3S2)cc1. The molecule has 6 nitrogen and oxygen atoms in total. The molecule has 0 saturated carbocycles. The maximum absolute atomic E-state index is 12.3. The van der Waals surface area contributed by atoms with E-state index in [1.54, 1.807) is 6.07 Å². The van der Waals surface area contributed by atoms with E-state index in [2.05, 4.69) is 5.32 Å². The Morgan fingerprint density at radius 2 is 2.00 bits per heavy atom. The van der Waals surface area contributed by atoms with E-state index in [0.29, 0.717) is 12.2 Å². The van der Waals surface area contributed by atoms with Crippen LogP contribution in [-0.2, 0) is 0 Å². The minimum Gasteiger partial charge on any atom is -0.494 e. The number of nitrogens with one attached hydrogen (secondary N) is 1. The summed E-state index contributed by atoms with van der Waals surface area (Å²) in [5, 5.41) is 13.5. The standard InChI is InChI=1S/C17H16N2O4S/c1-2-9-23-13-6-3-11(4-7-13)17-18-16(20)14-10-12(19(21)22)5-8-15(14)24-17/h3-8,10,17H,2,9H2,1H3,(H,18,20). The Kier molecular flexibility index (Phi) is 4.71. The van der Waals surface area contributed by atoms with Gasteiger partial charge in [-0.15, -0.1) is 0 Å². The average Bonchev–Trinajstić information content (AvgIpc) is 2.60. The monoisotopic (exact) mass is 344 g/mol. The van der Waals surface area contributed by atoms with E-state index in [0.717, 1.165) is 22.6 Å². The molecule has 1 heterocycles. The predicted molar refractivity (Wildman–Crippen MR) is 91.4 cm³/mol. The van der Waals surface area contributed by atoms with Crippen LogP contribution in [0.25, 0.3) is 0 Å². The third-order valence-electron chi connectivity index (χ3n) is 3.58. The van der Waals surface area contributed by atoms with Gasteiger partial charge in [-0.05, 0) is 30.2 Å². The Bertz CT molecular complexity index is 777. The average molecular weight is 344 g/mol. The van der Waals surface area contributed by atoms with Gasteiger partial charge in [0.05, 0.1) is 17.1 Å². The zero-order valence-electron chi connectivity index (χ0n) is 13.0. The van der Waals surface area contributed by atoms with Crippen LogP contribution in [-0.4, -0.2) is 17.4 Å². The number of amides is 1. The molecule has 0 spiro atoms. The van der Waals surface area contributed by atoms with Gasteiger partial charge in [0.2, 0.25) is 0 Å². The minimum absolute atomic E-state index is 0.0830. The number of thioether (sulfide) groups is 1. The number of ether oxygens (including phenoxy) is 1. The number of nitro groups is 1. The lowest BCUT2D eigenvalue weighted by Crippen LogP contribution is -2.30. The first-order chi connectivity index (χ1) is 11.6. The minimum atomic E-state index is -0.501. The maximum Gasteiger partial charge on any atom is 0.270 e. The lowest BCUT2D eigenvalue weighted by Gasteiger charge is -2.25. The Hall–Kier alpha value is -2.54. The van der Waals surface area contributed by atoms with Gasteiger partial charge in [0.25, 0.3) is 11.6 Å². The van der Waals surface area contributed by atoms with E-state index in [1.807, 2.05) is 31.2 Å². The highest BCUT2D eigenvalue weighted by Crippen LogP contribution is 2.40. The summed E-state index contributed by atoms with van der Waals surface area (Å²) in [5.41, 5.74) is 1.20. The topological polar surface area (TPSA) is 81.5 Å². The summed E-state index contributed by atoms with van der Waals surface area (Å²) >= 11 is 1.46. The molecule has 0 aliphatic carbocycles. The summed E-state index contributed by atoms with van der Waals surface area (Å²) in [5.74, 6) is 0.493. The number of benzene rings is 2. The number of non-ortho nitro benzene ring substituents is 1. The number of hydrogen-bond donors (Lipinski definition) is 1. The van der Waals surface area contributed by atoms with Crippen molar-refractivity contribution in [3.8, 4) is 5.75 Å². The van der Waals surface area contributed by atoms with Gasteiger partial charge in [-0.3, -0.25) is 14.9 Å². The molecule has 124 valence electrons. The summed E-state index contributed by atoms with van der Waals surface area (Å²) < 4.78 is 5.55. The summed E-state index contributed by atoms with van der Waals surface area (Å²) in [7, 11) is 0. The Morgan fingerprint density at radius 3 is 2.67 bits per heavy atom. The lowest BCUT2D eigenvalue weighted by molar-refractivity contribution is -0.384. The molecule has 1 unspecified atom stereocenters. The molecule has 2 aromatic carbocycles. The molecule has 1 aliphatic heterocycles. The Labute approximate surface area is 143 Å². The van der Waals surface area contributed by atoms with Gasteiger partial charge in [0.15, 0.2) is 0 Å². The first kappa shape index (κ1) is 16.3. The predicted octanol–water partition coefficient (Wildman–Crippen LogP) is 3.92. The van der Waals surface area contributed by atoms with Crippen molar-refractivity contribution in [3.05, 3.63) is 63.7 Å². The van der Waals surface area contributed by atoms with Crippen LogP contribution in [0.4, 0.5) is 5.69 Å².